The van der Waals surface area contributed by atoms with Gasteiger partial charge < -0.3 is 29.3 Å². The number of carbonyl (C=O) groups is 2. The molecule has 0 radical (unpaired) electrons. The van der Waals surface area contributed by atoms with Gasteiger partial charge in [0.25, 0.3) is 11.7 Å². The Kier molecular flexibility index (Phi) is 5.78. The van der Waals surface area contributed by atoms with Crippen LogP contribution in [0.5, 0.6) is 23.0 Å². The Balaban J connectivity index is 1.65. The number of ether oxygens (including phenoxy) is 3. The molecule has 5 rings (SSSR count). The number of nitrogens with zero attached hydrogens (tertiary/aromatic N) is 1. The number of ketones is 1. The number of methoxy groups -OCH3 is 1. The lowest BCUT2D eigenvalue weighted by Crippen LogP contribution is -2.29. The van der Waals surface area contributed by atoms with E-state index in [1.54, 1.807) is 30.3 Å². The zero-order valence-electron chi connectivity index (χ0n) is 18.9. The molecule has 8 nitrogen and oxygen atoms in total. The van der Waals surface area contributed by atoms with Crippen LogP contribution in [0, 0.1) is 0 Å². The standard InChI is InChI=1S/C27H23NO7/c1-33-21-13-17(7-9-19(21)29)24-23(25(30)18-8-10-20-22(14-18)35-12-11-34-20)26(31)27(32)28(24)15-16-5-3-2-4-6-16/h2-10,13-14,24,29-30H,11-12,15H2,1H3/b25-23+/t24-/m0/s1. The second-order valence-electron chi connectivity index (χ2n) is 8.20. The van der Waals surface area contributed by atoms with Crippen molar-refractivity contribution >= 4 is 17.4 Å². The van der Waals surface area contributed by atoms with Gasteiger partial charge >= 0.3 is 0 Å². The van der Waals surface area contributed by atoms with Gasteiger partial charge in [-0.15, -0.1) is 0 Å². The lowest BCUT2D eigenvalue weighted by molar-refractivity contribution is -0.140. The summed E-state index contributed by atoms with van der Waals surface area (Å²) in [6.45, 7) is 0.939. The SMILES string of the molecule is COc1cc([C@H]2/C(=C(\O)c3ccc4c(c3)OCCO4)C(=O)C(=O)N2Cc2ccccc2)ccc1O. The molecule has 0 spiro atoms. The van der Waals surface area contributed by atoms with E-state index in [-0.39, 0.29) is 29.4 Å². The first-order chi connectivity index (χ1) is 17.0. The Labute approximate surface area is 201 Å². The number of rotatable bonds is 5. The molecule has 0 aliphatic carbocycles. The Morgan fingerprint density at radius 2 is 1.74 bits per heavy atom. The highest BCUT2D eigenvalue weighted by Crippen LogP contribution is 2.43. The first-order valence-electron chi connectivity index (χ1n) is 11.1. The molecule has 8 heteroatoms. The zero-order valence-corrected chi connectivity index (χ0v) is 18.9. The van der Waals surface area contributed by atoms with E-state index in [4.69, 9.17) is 14.2 Å². The predicted molar refractivity (Wildman–Crippen MR) is 126 cm³/mol. The molecule has 2 aliphatic rings. The number of aliphatic hydroxyl groups is 1. The van der Waals surface area contributed by atoms with Crippen LogP contribution in [0.4, 0.5) is 0 Å². The molecule has 35 heavy (non-hydrogen) atoms. The highest BCUT2D eigenvalue weighted by atomic mass is 16.6. The number of aromatic hydroxyl groups is 1. The third-order valence-corrected chi connectivity index (χ3v) is 6.07. The minimum absolute atomic E-state index is 0.0599. The van der Waals surface area contributed by atoms with E-state index in [1.165, 1.54) is 18.1 Å². The second-order valence-corrected chi connectivity index (χ2v) is 8.20. The number of aliphatic hydroxyl groups excluding tert-OH is 1. The van der Waals surface area contributed by atoms with Crippen molar-refractivity contribution in [3.05, 3.63) is 89.0 Å². The van der Waals surface area contributed by atoms with Crippen LogP contribution in [-0.2, 0) is 16.1 Å². The fourth-order valence-electron chi connectivity index (χ4n) is 4.38. The molecule has 0 unspecified atom stereocenters. The summed E-state index contributed by atoms with van der Waals surface area (Å²) in [5.41, 5.74) is 1.59. The average molecular weight is 473 g/mol. The van der Waals surface area contributed by atoms with Gasteiger partial charge in [-0.1, -0.05) is 36.4 Å². The summed E-state index contributed by atoms with van der Waals surface area (Å²) in [4.78, 5) is 27.9. The van der Waals surface area contributed by atoms with E-state index in [2.05, 4.69) is 0 Å². The highest BCUT2D eigenvalue weighted by Gasteiger charge is 2.46. The summed E-state index contributed by atoms with van der Waals surface area (Å²) in [5, 5.41) is 21.4. The average Bonchev–Trinajstić information content (AvgIpc) is 3.14. The van der Waals surface area contributed by atoms with E-state index in [0.717, 1.165) is 5.56 Å². The molecule has 0 aromatic heterocycles. The number of hydrogen-bond acceptors (Lipinski definition) is 7. The third kappa shape index (κ3) is 4.03. The molecule has 3 aromatic rings. The molecule has 0 saturated carbocycles. The van der Waals surface area contributed by atoms with Crippen LogP contribution in [-0.4, -0.2) is 47.1 Å². The van der Waals surface area contributed by atoms with Crippen molar-refractivity contribution in [2.45, 2.75) is 12.6 Å². The van der Waals surface area contributed by atoms with E-state index in [9.17, 15) is 19.8 Å². The maximum atomic E-state index is 13.3. The van der Waals surface area contributed by atoms with Crippen molar-refractivity contribution in [1.29, 1.82) is 0 Å². The van der Waals surface area contributed by atoms with Gasteiger partial charge in [0.2, 0.25) is 0 Å². The summed E-state index contributed by atoms with van der Waals surface area (Å²) in [6, 6.07) is 17.8. The molecule has 3 aromatic carbocycles. The van der Waals surface area contributed by atoms with Gasteiger partial charge in [0, 0.05) is 12.1 Å². The van der Waals surface area contributed by atoms with Gasteiger partial charge in [0.15, 0.2) is 23.0 Å². The Bertz CT molecular complexity index is 1330. The summed E-state index contributed by atoms with van der Waals surface area (Å²) >= 11 is 0. The van der Waals surface area contributed by atoms with Crippen molar-refractivity contribution in [3.63, 3.8) is 0 Å². The van der Waals surface area contributed by atoms with Crippen LogP contribution in [0.15, 0.2) is 72.3 Å². The van der Waals surface area contributed by atoms with Gasteiger partial charge in [0.05, 0.1) is 18.7 Å². The van der Waals surface area contributed by atoms with Crippen molar-refractivity contribution in [2.75, 3.05) is 20.3 Å². The van der Waals surface area contributed by atoms with Gasteiger partial charge in [-0.3, -0.25) is 9.59 Å². The quantitative estimate of drug-likeness (QED) is 0.330. The maximum absolute atomic E-state index is 13.3. The van der Waals surface area contributed by atoms with E-state index < -0.39 is 17.7 Å². The Hall–Kier alpha value is -4.46. The minimum atomic E-state index is -0.905. The summed E-state index contributed by atoms with van der Waals surface area (Å²) in [7, 11) is 1.41. The normalized spacial score (nSPS) is 18.5. The van der Waals surface area contributed by atoms with E-state index in [0.29, 0.717) is 35.8 Å². The number of benzene rings is 3. The predicted octanol–water partition coefficient (Wildman–Crippen LogP) is 3.79. The largest absolute Gasteiger partial charge is 0.507 e. The van der Waals surface area contributed by atoms with Crippen molar-refractivity contribution in [2.24, 2.45) is 0 Å². The number of amides is 1. The number of likely N-dealkylation sites (tertiary alicyclic amines) is 1. The molecule has 1 amide bonds. The van der Waals surface area contributed by atoms with Crippen LogP contribution in [0.3, 0.4) is 0 Å². The first-order valence-corrected chi connectivity index (χ1v) is 11.1. The Morgan fingerprint density at radius 1 is 1.00 bits per heavy atom. The molecular formula is C27H23NO7. The molecule has 1 fully saturated rings. The fraction of sp³-hybridized carbons (Fsp3) is 0.185. The molecule has 2 aliphatic heterocycles. The molecular weight excluding hydrogens is 450 g/mol. The number of fused-ring (bicyclic) bond motifs is 1. The number of carbonyl (C=O) groups excluding carboxylic acids is 2. The van der Waals surface area contributed by atoms with Crippen molar-refractivity contribution in [3.8, 4) is 23.0 Å². The van der Waals surface area contributed by atoms with E-state index >= 15 is 0 Å². The van der Waals surface area contributed by atoms with E-state index in [1.807, 2.05) is 30.3 Å². The maximum Gasteiger partial charge on any atom is 0.295 e. The molecule has 0 bridgehead atoms. The number of phenols is 1. The topological polar surface area (TPSA) is 106 Å². The van der Waals surface area contributed by atoms with Gasteiger partial charge in [-0.2, -0.15) is 0 Å². The smallest absolute Gasteiger partial charge is 0.295 e. The van der Waals surface area contributed by atoms with Gasteiger partial charge in [-0.05, 0) is 41.5 Å². The minimum Gasteiger partial charge on any atom is -0.507 e. The molecule has 178 valence electrons. The summed E-state index contributed by atoms with van der Waals surface area (Å²) in [6.07, 6.45) is 0. The number of phenolic OH excluding ortho intramolecular Hbond substituents is 1. The lowest BCUT2D eigenvalue weighted by atomic mass is 9.94. The molecule has 1 saturated heterocycles. The number of hydrogen-bond donors (Lipinski definition) is 2. The van der Waals surface area contributed by atoms with Crippen LogP contribution in [0.1, 0.15) is 22.7 Å². The van der Waals surface area contributed by atoms with Crippen LogP contribution >= 0.6 is 0 Å². The van der Waals surface area contributed by atoms with Gasteiger partial charge in [0.1, 0.15) is 19.0 Å². The highest BCUT2D eigenvalue weighted by molar-refractivity contribution is 6.46. The fourth-order valence-corrected chi connectivity index (χ4v) is 4.38. The molecule has 2 N–H and O–H groups in total. The second kappa shape index (κ2) is 9.06. The summed E-state index contributed by atoms with van der Waals surface area (Å²) < 4.78 is 16.4. The zero-order chi connectivity index (χ0) is 24.5. The van der Waals surface area contributed by atoms with Crippen LogP contribution in [0.2, 0.25) is 0 Å². The lowest BCUT2D eigenvalue weighted by Gasteiger charge is -2.26. The van der Waals surface area contributed by atoms with Crippen LogP contribution < -0.4 is 14.2 Å². The van der Waals surface area contributed by atoms with Crippen molar-refractivity contribution in [1.82, 2.24) is 4.90 Å². The van der Waals surface area contributed by atoms with Crippen LogP contribution in [0.25, 0.3) is 5.76 Å². The Morgan fingerprint density at radius 3 is 2.49 bits per heavy atom. The van der Waals surface area contributed by atoms with Crippen molar-refractivity contribution < 1.29 is 34.0 Å². The number of Topliss-reactive ketones (excluding diaryl/α,β-unsaturated/α-hetero) is 1. The third-order valence-electron chi connectivity index (χ3n) is 6.07. The summed E-state index contributed by atoms with van der Waals surface area (Å²) in [5.74, 6) is -0.766. The van der Waals surface area contributed by atoms with Gasteiger partial charge in [-0.25, -0.2) is 0 Å². The molecule has 2 heterocycles. The monoisotopic (exact) mass is 473 g/mol. The first kappa shape index (κ1) is 22.3. The molecule has 1 atom stereocenters.